The first-order valence-corrected chi connectivity index (χ1v) is 12.8. The number of sulfonamides is 1. The van der Waals surface area contributed by atoms with Crippen LogP contribution in [0.2, 0.25) is 0 Å². The Kier molecular flexibility index (Phi) is 6.67. The molecule has 1 heterocycles. The molecule has 186 valence electrons. The molecule has 0 spiro atoms. The molecular weight excluding hydrogens is 472 g/mol. The van der Waals surface area contributed by atoms with Crippen LogP contribution in [0.4, 0.5) is 0 Å². The number of amides is 1. The normalized spacial score (nSPS) is 14.7. The van der Waals surface area contributed by atoms with Crippen LogP contribution in [0, 0.1) is 0 Å². The molecule has 0 radical (unpaired) electrons. The topological polar surface area (TPSA) is 140 Å². The number of nitrogens with one attached hydrogen (secondary N) is 2. The minimum atomic E-state index is -3.82. The second-order valence-electron chi connectivity index (χ2n) is 9.11. The first-order valence-electron chi connectivity index (χ1n) is 11.3. The van der Waals surface area contributed by atoms with Crippen molar-refractivity contribution in [2.45, 2.75) is 43.2 Å². The molecule has 3 aromatic rings. The lowest BCUT2D eigenvalue weighted by Crippen LogP contribution is -2.38. The maximum atomic E-state index is 12.9. The first kappa shape index (κ1) is 24.8. The van der Waals surface area contributed by atoms with E-state index in [0.717, 1.165) is 23.0 Å². The molecule has 1 amide bonds. The zero-order chi connectivity index (χ0) is 25.4. The van der Waals surface area contributed by atoms with E-state index in [0.29, 0.717) is 24.0 Å². The average molecular weight is 501 g/mol. The van der Waals surface area contributed by atoms with Gasteiger partial charge in [0.05, 0.1) is 22.3 Å². The third kappa shape index (κ3) is 5.21. The summed E-state index contributed by atoms with van der Waals surface area (Å²) in [5.74, 6) is -0.267. The van der Waals surface area contributed by atoms with Crippen LogP contribution in [0.1, 0.15) is 42.1 Å². The Labute approximate surface area is 202 Å². The van der Waals surface area contributed by atoms with Crippen molar-refractivity contribution in [1.29, 1.82) is 0 Å². The summed E-state index contributed by atoms with van der Waals surface area (Å²) in [5, 5.41) is 11.7. The van der Waals surface area contributed by atoms with Crippen molar-refractivity contribution >= 4 is 26.8 Å². The monoisotopic (exact) mass is 500 g/mol. The van der Waals surface area contributed by atoms with Crippen LogP contribution in [0.3, 0.4) is 0 Å². The number of aliphatic hydroxyl groups is 1. The molecule has 0 saturated heterocycles. The number of nitrogens with zero attached hydrogens (tertiary/aromatic N) is 2. The number of fused-ring (bicyclic) bond motifs is 1. The molecule has 1 aromatic heterocycles. The van der Waals surface area contributed by atoms with E-state index in [1.807, 2.05) is 6.92 Å². The Balaban J connectivity index is 1.67. The summed E-state index contributed by atoms with van der Waals surface area (Å²) in [4.78, 5) is 37.9. The van der Waals surface area contributed by atoms with Crippen LogP contribution in [-0.4, -0.2) is 47.3 Å². The smallest absolute Gasteiger partial charge is 0.331 e. The molecule has 11 heteroatoms. The van der Waals surface area contributed by atoms with Gasteiger partial charge in [-0.15, -0.1) is 0 Å². The van der Waals surface area contributed by atoms with Crippen molar-refractivity contribution in [2.24, 2.45) is 7.05 Å². The Bertz CT molecular complexity index is 1500. The van der Waals surface area contributed by atoms with E-state index in [9.17, 15) is 22.8 Å². The van der Waals surface area contributed by atoms with Gasteiger partial charge in [0.25, 0.3) is 11.5 Å². The lowest BCUT2D eigenvalue weighted by Gasteiger charge is -2.15. The van der Waals surface area contributed by atoms with Gasteiger partial charge in [0.1, 0.15) is 0 Å². The molecule has 1 aliphatic rings. The van der Waals surface area contributed by atoms with E-state index < -0.39 is 26.8 Å². The molecule has 10 nitrogen and oxygen atoms in total. The van der Waals surface area contributed by atoms with Crippen molar-refractivity contribution in [1.82, 2.24) is 19.2 Å². The molecule has 0 unspecified atom stereocenters. The Hall–Kier alpha value is -3.28. The van der Waals surface area contributed by atoms with E-state index in [4.69, 9.17) is 5.11 Å². The highest BCUT2D eigenvalue weighted by Gasteiger charge is 2.41. The predicted octanol–water partition coefficient (Wildman–Crippen LogP) is 0.691. The van der Waals surface area contributed by atoms with Gasteiger partial charge in [-0.3, -0.25) is 18.7 Å². The van der Waals surface area contributed by atoms with Gasteiger partial charge in [-0.25, -0.2) is 17.9 Å². The third-order valence-electron chi connectivity index (χ3n) is 6.18. The number of hydrogen-bond acceptors (Lipinski definition) is 6. The van der Waals surface area contributed by atoms with Gasteiger partial charge in [-0.1, -0.05) is 12.1 Å². The first-order chi connectivity index (χ1) is 16.5. The highest BCUT2D eigenvalue weighted by atomic mass is 32.2. The van der Waals surface area contributed by atoms with Crippen LogP contribution in [0.25, 0.3) is 10.9 Å². The minimum Gasteiger partial charge on any atom is -0.396 e. The summed E-state index contributed by atoms with van der Waals surface area (Å²) >= 11 is 0. The average Bonchev–Trinajstić information content (AvgIpc) is 3.56. The Morgan fingerprint density at radius 1 is 1.11 bits per heavy atom. The quantitative estimate of drug-likeness (QED) is 0.370. The van der Waals surface area contributed by atoms with Gasteiger partial charge in [-0.05, 0) is 62.1 Å². The van der Waals surface area contributed by atoms with Gasteiger partial charge in [0.2, 0.25) is 10.0 Å². The zero-order valence-electron chi connectivity index (χ0n) is 19.6. The predicted molar refractivity (Wildman–Crippen MR) is 131 cm³/mol. The highest BCUT2D eigenvalue weighted by molar-refractivity contribution is 7.89. The number of aliphatic hydroxyl groups excluding tert-OH is 1. The molecule has 0 bridgehead atoms. The molecule has 1 aliphatic carbocycles. The molecule has 1 fully saturated rings. The summed E-state index contributed by atoms with van der Waals surface area (Å²) in [7, 11) is -2.46. The molecule has 4 rings (SSSR count). The van der Waals surface area contributed by atoms with Crippen molar-refractivity contribution in [3.05, 3.63) is 74.4 Å². The van der Waals surface area contributed by atoms with Crippen LogP contribution >= 0.6 is 0 Å². The molecule has 1 saturated carbocycles. The number of rotatable bonds is 9. The maximum Gasteiger partial charge on any atom is 0.331 e. The van der Waals surface area contributed by atoms with Crippen molar-refractivity contribution in [3.8, 4) is 0 Å². The van der Waals surface area contributed by atoms with Crippen molar-refractivity contribution in [2.75, 3.05) is 13.2 Å². The van der Waals surface area contributed by atoms with E-state index >= 15 is 0 Å². The molecule has 0 aliphatic heterocycles. The zero-order valence-corrected chi connectivity index (χ0v) is 20.4. The standard InChI is InChI=1S/C24H28N4O6S/c1-24(10-11-24)26-35(33,34)18-8-9-20-19(14-18)22(31)27(2)23(32)28(20)15-16-4-6-17(7-5-16)21(30)25-12-3-13-29/h4-9,14,26,29H,3,10-13,15H2,1-2H3,(H,25,30). The van der Waals surface area contributed by atoms with E-state index in [1.165, 1.54) is 29.8 Å². The SMILES string of the molecule is Cn1c(=O)c2cc(S(=O)(=O)NC3(C)CC3)ccc2n(Cc2ccc(C(=O)NCCCO)cc2)c1=O. The molecular formula is C24H28N4O6S. The summed E-state index contributed by atoms with van der Waals surface area (Å²) in [5.41, 5.74) is -0.0895. The van der Waals surface area contributed by atoms with Crippen LogP contribution in [0.15, 0.2) is 56.9 Å². The molecule has 2 aromatic carbocycles. The lowest BCUT2D eigenvalue weighted by atomic mass is 10.1. The third-order valence-corrected chi connectivity index (χ3v) is 7.82. The fraction of sp³-hybridized carbons (Fsp3) is 0.375. The second-order valence-corrected chi connectivity index (χ2v) is 10.8. The maximum absolute atomic E-state index is 12.9. The van der Waals surface area contributed by atoms with Gasteiger partial charge >= 0.3 is 5.69 Å². The van der Waals surface area contributed by atoms with Crippen molar-refractivity contribution in [3.63, 3.8) is 0 Å². The van der Waals surface area contributed by atoms with Crippen LogP contribution in [0.5, 0.6) is 0 Å². The van der Waals surface area contributed by atoms with E-state index in [1.54, 1.807) is 24.3 Å². The summed E-state index contributed by atoms with van der Waals surface area (Å²) in [6, 6.07) is 10.9. The van der Waals surface area contributed by atoms with E-state index in [2.05, 4.69) is 10.0 Å². The minimum absolute atomic E-state index is 0.00911. The number of hydrogen-bond donors (Lipinski definition) is 3. The fourth-order valence-corrected chi connectivity index (χ4v) is 5.28. The summed E-state index contributed by atoms with van der Waals surface area (Å²) in [6.07, 6.45) is 1.97. The Morgan fingerprint density at radius 2 is 1.80 bits per heavy atom. The molecule has 3 N–H and O–H groups in total. The van der Waals surface area contributed by atoms with Crippen molar-refractivity contribution < 1.29 is 18.3 Å². The fourth-order valence-electron chi connectivity index (χ4n) is 3.79. The van der Waals surface area contributed by atoms with Crippen LogP contribution < -0.4 is 21.3 Å². The van der Waals surface area contributed by atoms with Gasteiger partial charge in [0.15, 0.2) is 0 Å². The molecule has 35 heavy (non-hydrogen) atoms. The van der Waals surface area contributed by atoms with Gasteiger partial charge < -0.3 is 10.4 Å². The van der Waals surface area contributed by atoms with E-state index in [-0.39, 0.29) is 29.3 Å². The molecule has 0 atom stereocenters. The largest absolute Gasteiger partial charge is 0.396 e. The second kappa shape index (κ2) is 9.40. The number of aromatic nitrogens is 2. The Morgan fingerprint density at radius 3 is 2.43 bits per heavy atom. The number of carbonyl (C=O) groups excluding carboxylic acids is 1. The number of carbonyl (C=O) groups is 1. The van der Waals surface area contributed by atoms with Crippen LogP contribution in [-0.2, 0) is 23.6 Å². The van der Waals surface area contributed by atoms with Gasteiger partial charge in [-0.2, -0.15) is 0 Å². The highest BCUT2D eigenvalue weighted by Crippen LogP contribution is 2.36. The van der Waals surface area contributed by atoms with Gasteiger partial charge in [0, 0.05) is 31.3 Å². The number of benzene rings is 2. The summed E-state index contributed by atoms with van der Waals surface area (Å²) < 4.78 is 30.6. The summed E-state index contributed by atoms with van der Waals surface area (Å²) in [6.45, 7) is 2.30. The lowest BCUT2D eigenvalue weighted by molar-refractivity contribution is 0.0951.